The fourth-order valence-corrected chi connectivity index (χ4v) is 5.62. The number of aromatic nitrogens is 2. The number of rotatable bonds is 8. The highest BCUT2D eigenvalue weighted by molar-refractivity contribution is 7.90. The third kappa shape index (κ3) is 5.63. The zero-order chi connectivity index (χ0) is 24.3. The van der Waals surface area contributed by atoms with Gasteiger partial charge < -0.3 is 10.1 Å². The lowest BCUT2D eigenvalue weighted by Gasteiger charge is -2.28. The van der Waals surface area contributed by atoms with E-state index in [9.17, 15) is 13.7 Å². The molecule has 1 heterocycles. The van der Waals surface area contributed by atoms with E-state index in [1.165, 1.54) is 28.7 Å². The lowest BCUT2D eigenvalue weighted by molar-refractivity contribution is 0.242. The smallest absolute Gasteiger partial charge is 0.148 e. The monoisotopic (exact) mass is 496 g/mol. The molecule has 0 unspecified atom stereocenters. The Hall–Kier alpha value is -2.80. The van der Waals surface area contributed by atoms with E-state index < -0.39 is 9.84 Å². The molecule has 9 heteroatoms. The van der Waals surface area contributed by atoms with Crippen LogP contribution in [0.1, 0.15) is 49.4 Å². The third-order valence-corrected chi connectivity index (χ3v) is 7.69. The van der Waals surface area contributed by atoms with Gasteiger partial charge in [0.1, 0.15) is 31.7 Å². The number of nitrogens with one attached hydrogen (secondary N) is 1. The minimum absolute atomic E-state index is 0.0139. The molecule has 1 aliphatic carbocycles. The molecule has 0 saturated heterocycles. The van der Waals surface area contributed by atoms with Gasteiger partial charge in [-0.05, 0) is 62.4 Å². The SMILES string of the molecule is CC(C)Oc1ccc(-c2nnc(-c3cccc4c3CCC[C@H]4NCCS(C)(=O)=O)s2)cc1C#N. The summed E-state index contributed by atoms with van der Waals surface area (Å²) in [5.41, 5.74) is 4.82. The Bertz CT molecular complexity index is 1330. The van der Waals surface area contributed by atoms with Gasteiger partial charge >= 0.3 is 0 Å². The van der Waals surface area contributed by atoms with E-state index in [1.807, 2.05) is 32.0 Å². The molecule has 1 aliphatic rings. The minimum atomic E-state index is -3.00. The second-order valence-corrected chi connectivity index (χ2v) is 12.0. The van der Waals surface area contributed by atoms with Gasteiger partial charge in [-0.2, -0.15) is 5.26 Å². The van der Waals surface area contributed by atoms with Crippen LogP contribution < -0.4 is 10.1 Å². The summed E-state index contributed by atoms with van der Waals surface area (Å²) in [6, 6.07) is 14.1. The first-order chi connectivity index (χ1) is 16.2. The van der Waals surface area contributed by atoms with Crippen molar-refractivity contribution in [1.82, 2.24) is 15.5 Å². The van der Waals surface area contributed by atoms with Gasteiger partial charge in [-0.25, -0.2) is 8.42 Å². The average Bonchev–Trinajstić information content (AvgIpc) is 3.28. The van der Waals surface area contributed by atoms with Crippen molar-refractivity contribution in [1.29, 1.82) is 5.26 Å². The average molecular weight is 497 g/mol. The maximum absolute atomic E-state index is 11.5. The Kier molecular flexibility index (Phi) is 7.31. The van der Waals surface area contributed by atoms with Crippen molar-refractivity contribution in [2.75, 3.05) is 18.6 Å². The van der Waals surface area contributed by atoms with Crippen LogP contribution in [0.15, 0.2) is 36.4 Å². The predicted octanol–water partition coefficient (Wildman–Crippen LogP) is 4.54. The number of nitriles is 1. The third-order valence-electron chi connectivity index (χ3n) is 5.74. The predicted molar refractivity (Wildman–Crippen MR) is 135 cm³/mol. The van der Waals surface area contributed by atoms with Gasteiger partial charge in [-0.1, -0.05) is 29.5 Å². The van der Waals surface area contributed by atoms with Crippen LogP contribution in [0.5, 0.6) is 5.75 Å². The van der Waals surface area contributed by atoms with Crippen molar-refractivity contribution in [3.63, 3.8) is 0 Å². The molecule has 0 amide bonds. The van der Waals surface area contributed by atoms with Crippen molar-refractivity contribution in [2.45, 2.75) is 45.3 Å². The highest BCUT2D eigenvalue weighted by Crippen LogP contribution is 2.39. The summed E-state index contributed by atoms with van der Waals surface area (Å²) in [6.45, 7) is 4.30. The molecule has 4 rings (SSSR count). The summed E-state index contributed by atoms with van der Waals surface area (Å²) in [7, 11) is -3.00. The zero-order valence-corrected chi connectivity index (χ0v) is 21.2. The van der Waals surface area contributed by atoms with E-state index in [-0.39, 0.29) is 17.9 Å². The van der Waals surface area contributed by atoms with Crippen LogP contribution in [0, 0.1) is 11.3 Å². The van der Waals surface area contributed by atoms with Gasteiger partial charge in [0, 0.05) is 30.0 Å². The van der Waals surface area contributed by atoms with Crippen molar-refractivity contribution in [3.8, 4) is 33.0 Å². The molecule has 0 aliphatic heterocycles. The molecule has 1 N–H and O–H groups in total. The standard InChI is InChI=1S/C25H28N4O3S2/c1-16(2)32-23-11-10-17(14-18(23)15-26)24-28-29-25(33-24)21-8-4-7-20-19(21)6-5-9-22(20)27-12-13-34(3,30)31/h4,7-8,10-11,14,16,22,27H,5-6,9,12-13H2,1-3H3/t22-/m1/s1. The molecule has 34 heavy (non-hydrogen) atoms. The number of hydrogen-bond acceptors (Lipinski definition) is 8. The maximum Gasteiger partial charge on any atom is 0.148 e. The van der Waals surface area contributed by atoms with E-state index in [4.69, 9.17) is 4.74 Å². The fourth-order valence-electron chi connectivity index (χ4n) is 4.24. The van der Waals surface area contributed by atoms with Crippen LogP contribution in [0.2, 0.25) is 0 Å². The molecule has 0 radical (unpaired) electrons. The van der Waals surface area contributed by atoms with E-state index in [0.29, 0.717) is 17.9 Å². The second-order valence-electron chi connectivity index (χ2n) is 8.80. The molecule has 2 aromatic carbocycles. The lowest BCUT2D eigenvalue weighted by atomic mass is 9.85. The van der Waals surface area contributed by atoms with E-state index in [2.05, 4.69) is 33.7 Å². The largest absolute Gasteiger partial charge is 0.490 e. The Morgan fingerprint density at radius 2 is 2.03 bits per heavy atom. The van der Waals surface area contributed by atoms with Crippen molar-refractivity contribution in [2.24, 2.45) is 0 Å². The number of fused-ring (bicyclic) bond motifs is 1. The molecule has 0 saturated carbocycles. The van der Waals surface area contributed by atoms with E-state index in [0.717, 1.165) is 40.4 Å². The summed E-state index contributed by atoms with van der Waals surface area (Å²) in [5, 5.41) is 23.4. The molecule has 0 spiro atoms. The maximum atomic E-state index is 11.5. The number of benzene rings is 2. The van der Waals surface area contributed by atoms with Crippen molar-refractivity contribution < 1.29 is 13.2 Å². The molecule has 1 atom stereocenters. The molecule has 7 nitrogen and oxygen atoms in total. The highest BCUT2D eigenvalue weighted by Gasteiger charge is 2.24. The molecule has 0 fully saturated rings. The van der Waals surface area contributed by atoms with E-state index >= 15 is 0 Å². The number of sulfone groups is 1. The van der Waals surface area contributed by atoms with Crippen LogP contribution >= 0.6 is 11.3 Å². The normalized spacial score (nSPS) is 15.7. The number of ether oxygens (including phenoxy) is 1. The first kappa shape index (κ1) is 24.3. The Morgan fingerprint density at radius 1 is 1.24 bits per heavy atom. The van der Waals surface area contributed by atoms with Crippen LogP contribution in [0.3, 0.4) is 0 Å². The fraction of sp³-hybridized carbons (Fsp3) is 0.400. The lowest BCUT2D eigenvalue weighted by Crippen LogP contribution is -2.29. The van der Waals surface area contributed by atoms with Crippen molar-refractivity contribution >= 4 is 21.2 Å². The van der Waals surface area contributed by atoms with Gasteiger partial charge in [0.2, 0.25) is 0 Å². The Labute approximate surface area is 204 Å². The molecule has 1 aromatic heterocycles. The minimum Gasteiger partial charge on any atom is -0.490 e. The van der Waals surface area contributed by atoms with Gasteiger partial charge in [0.05, 0.1) is 17.4 Å². The molecular formula is C25H28N4O3S2. The first-order valence-electron chi connectivity index (χ1n) is 11.3. The highest BCUT2D eigenvalue weighted by atomic mass is 32.2. The first-order valence-corrected chi connectivity index (χ1v) is 14.2. The summed E-state index contributed by atoms with van der Waals surface area (Å²) in [4.78, 5) is 0. The van der Waals surface area contributed by atoms with Crippen LogP contribution in [0.4, 0.5) is 0 Å². The van der Waals surface area contributed by atoms with Gasteiger partial charge in [0.15, 0.2) is 0 Å². The second kappa shape index (κ2) is 10.2. The molecule has 3 aromatic rings. The summed E-state index contributed by atoms with van der Waals surface area (Å²) < 4.78 is 28.7. The van der Waals surface area contributed by atoms with Gasteiger partial charge in [-0.3, -0.25) is 0 Å². The molecule has 0 bridgehead atoms. The zero-order valence-electron chi connectivity index (χ0n) is 19.5. The quantitative estimate of drug-likeness (QED) is 0.488. The summed E-state index contributed by atoms with van der Waals surface area (Å²) >= 11 is 1.50. The topological polar surface area (TPSA) is 105 Å². The Balaban J connectivity index is 1.60. The Morgan fingerprint density at radius 3 is 2.76 bits per heavy atom. The molecular weight excluding hydrogens is 468 g/mol. The van der Waals surface area contributed by atoms with E-state index in [1.54, 1.807) is 6.07 Å². The van der Waals surface area contributed by atoms with Crippen LogP contribution in [0.25, 0.3) is 21.1 Å². The van der Waals surface area contributed by atoms with Crippen LogP contribution in [-0.2, 0) is 16.3 Å². The number of nitrogens with zero attached hydrogens (tertiary/aromatic N) is 3. The van der Waals surface area contributed by atoms with Crippen LogP contribution in [-0.4, -0.2) is 43.3 Å². The van der Waals surface area contributed by atoms with Crippen molar-refractivity contribution in [3.05, 3.63) is 53.1 Å². The number of hydrogen-bond donors (Lipinski definition) is 1. The van der Waals surface area contributed by atoms with Gasteiger partial charge in [-0.15, -0.1) is 10.2 Å². The summed E-state index contributed by atoms with van der Waals surface area (Å²) in [6.07, 6.45) is 4.20. The van der Waals surface area contributed by atoms with Gasteiger partial charge in [0.25, 0.3) is 0 Å². The molecule has 178 valence electrons. The summed E-state index contributed by atoms with van der Waals surface area (Å²) in [5.74, 6) is 0.696.